The highest BCUT2D eigenvalue weighted by atomic mass is 35.5. The number of amides is 1. The highest BCUT2D eigenvalue weighted by Crippen LogP contribution is 2.20. The van der Waals surface area contributed by atoms with Crippen molar-refractivity contribution in [1.82, 2.24) is 5.32 Å². The smallest absolute Gasteiger partial charge is 0.303 e. The largest absolute Gasteiger partial charge is 0.481 e. The third kappa shape index (κ3) is 5.70. The first-order valence-electron chi connectivity index (χ1n) is 5.81. The Morgan fingerprint density at radius 1 is 1.47 bits per heavy atom. The standard InChI is InChI=1S/C13H15ClFNO3/c1-8(17)16-11(4-5-13(18)19)6-9-2-3-10(15)7-12(9)14/h2-3,7,11H,4-6H2,1H3,(H,16,17)(H,18,19). The van der Waals surface area contributed by atoms with E-state index in [9.17, 15) is 14.0 Å². The van der Waals surface area contributed by atoms with Gasteiger partial charge in [-0.05, 0) is 30.5 Å². The van der Waals surface area contributed by atoms with Crippen LogP contribution in [0.4, 0.5) is 4.39 Å². The average Bonchev–Trinajstić information content (AvgIpc) is 2.28. The maximum atomic E-state index is 12.9. The van der Waals surface area contributed by atoms with Crippen LogP contribution in [0.25, 0.3) is 0 Å². The van der Waals surface area contributed by atoms with Gasteiger partial charge in [0.15, 0.2) is 0 Å². The van der Waals surface area contributed by atoms with Crippen molar-refractivity contribution in [2.45, 2.75) is 32.2 Å². The Morgan fingerprint density at radius 3 is 2.68 bits per heavy atom. The summed E-state index contributed by atoms with van der Waals surface area (Å²) in [5, 5.41) is 11.6. The minimum absolute atomic E-state index is 0.0518. The predicted octanol–water partition coefficient (Wildman–Crippen LogP) is 2.39. The topological polar surface area (TPSA) is 66.4 Å². The third-order valence-corrected chi connectivity index (χ3v) is 2.95. The molecule has 0 saturated heterocycles. The Labute approximate surface area is 115 Å². The van der Waals surface area contributed by atoms with Gasteiger partial charge in [0.05, 0.1) is 0 Å². The molecule has 1 aromatic carbocycles. The second-order valence-electron chi connectivity index (χ2n) is 4.27. The molecule has 1 rings (SSSR count). The zero-order valence-electron chi connectivity index (χ0n) is 10.5. The van der Waals surface area contributed by atoms with Gasteiger partial charge < -0.3 is 10.4 Å². The van der Waals surface area contributed by atoms with Gasteiger partial charge in [-0.1, -0.05) is 17.7 Å². The Hall–Kier alpha value is -1.62. The molecule has 6 heteroatoms. The molecule has 0 aliphatic rings. The number of hydrogen-bond donors (Lipinski definition) is 2. The van der Waals surface area contributed by atoms with Crippen LogP contribution < -0.4 is 5.32 Å². The number of aliphatic carboxylic acids is 1. The van der Waals surface area contributed by atoms with Crippen LogP contribution in [0.2, 0.25) is 5.02 Å². The van der Waals surface area contributed by atoms with Gasteiger partial charge in [-0.25, -0.2) is 4.39 Å². The van der Waals surface area contributed by atoms with E-state index in [-0.39, 0.29) is 23.4 Å². The highest BCUT2D eigenvalue weighted by molar-refractivity contribution is 6.31. The first-order valence-corrected chi connectivity index (χ1v) is 6.19. The van der Waals surface area contributed by atoms with Crippen molar-refractivity contribution < 1.29 is 19.1 Å². The van der Waals surface area contributed by atoms with Crippen molar-refractivity contribution in [2.24, 2.45) is 0 Å². The number of carboxylic acids is 1. The molecular weight excluding hydrogens is 273 g/mol. The fourth-order valence-electron chi connectivity index (χ4n) is 1.76. The minimum Gasteiger partial charge on any atom is -0.481 e. The molecule has 2 N–H and O–H groups in total. The van der Waals surface area contributed by atoms with Gasteiger partial charge in [0.25, 0.3) is 0 Å². The molecular formula is C13H15ClFNO3. The molecule has 0 heterocycles. The van der Waals surface area contributed by atoms with Crippen molar-refractivity contribution in [3.05, 3.63) is 34.6 Å². The summed E-state index contributed by atoms with van der Waals surface area (Å²) < 4.78 is 12.9. The molecule has 0 radical (unpaired) electrons. The lowest BCUT2D eigenvalue weighted by Crippen LogP contribution is -2.35. The number of halogens is 2. The number of benzene rings is 1. The van der Waals surface area contributed by atoms with E-state index >= 15 is 0 Å². The lowest BCUT2D eigenvalue weighted by atomic mass is 10.0. The first kappa shape index (κ1) is 15.4. The fourth-order valence-corrected chi connectivity index (χ4v) is 2.01. The van der Waals surface area contributed by atoms with E-state index in [1.54, 1.807) is 0 Å². The first-order chi connectivity index (χ1) is 8.88. The lowest BCUT2D eigenvalue weighted by Gasteiger charge is -2.17. The Bertz CT molecular complexity index is 479. The zero-order chi connectivity index (χ0) is 14.4. The average molecular weight is 288 g/mol. The number of carboxylic acid groups (broad SMARTS) is 1. The Morgan fingerprint density at radius 2 is 2.16 bits per heavy atom. The van der Waals surface area contributed by atoms with Gasteiger partial charge >= 0.3 is 5.97 Å². The van der Waals surface area contributed by atoms with E-state index in [4.69, 9.17) is 16.7 Å². The molecule has 0 saturated carbocycles. The number of hydrogen-bond acceptors (Lipinski definition) is 2. The van der Waals surface area contributed by atoms with Crippen LogP contribution in [0.1, 0.15) is 25.3 Å². The molecule has 4 nitrogen and oxygen atoms in total. The van der Waals surface area contributed by atoms with Crippen LogP contribution >= 0.6 is 11.6 Å². The monoisotopic (exact) mass is 287 g/mol. The van der Waals surface area contributed by atoms with Crippen molar-refractivity contribution >= 4 is 23.5 Å². The maximum absolute atomic E-state index is 12.9. The SMILES string of the molecule is CC(=O)NC(CCC(=O)O)Cc1ccc(F)cc1Cl. The zero-order valence-corrected chi connectivity index (χ0v) is 11.2. The van der Waals surface area contributed by atoms with Gasteiger partial charge in [-0.2, -0.15) is 0 Å². The molecule has 0 aromatic heterocycles. The van der Waals surface area contributed by atoms with Crippen LogP contribution in [0.15, 0.2) is 18.2 Å². The van der Waals surface area contributed by atoms with Crippen LogP contribution in [-0.4, -0.2) is 23.0 Å². The van der Waals surface area contributed by atoms with E-state index in [1.807, 2.05) is 0 Å². The van der Waals surface area contributed by atoms with Crippen LogP contribution in [-0.2, 0) is 16.0 Å². The summed E-state index contributed by atoms with van der Waals surface area (Å²) in [5.41, 5.74) is 0.673. The quantitative estimate of drug-likeness (QED) is 0.844. The third-order valence-electron chi connectivity index (χ3n) is 2.60. The van der Waals surface area contributed by atoms with Gasteiger partial charge in [-0.15, -0.1) is 0 Å². The minimum atomic E-state index is -0.930. The molecule has 104 valence electrons. The summed E-state index contributed by atoms with van der Waals surface area (Å²) in [6, 6.07) is 3.67. The molecule has 0 spiro atoms. The maximum Gasteiger partial charge on any atom is 0.303 e. The van der Waals surface area contributed by atoms with Gasteiger partial charge in [0, 0.05) is 24.4 Å². The fraction of sp³-hybridized carbons (Fsp3) is 0.385. The summed E-state index contributed by atoms with van der Waals surface area (Å²) in [6.45, 7) is 1.36. The van der Waals surface area contributed by atoms with Gasteiger partial charge in [-0.3, -0.25) is 9.59 Å². The molecule has 0 bridgehead atoms. The van der Waals surface area contributed by atoms with Crippen molar-refractivity contribution in [1.29, 1.82) is 0 Å². The lowest BCUT2D eigenvalue weighted by molar-refractivity contribution is -0.137. The van der Waals surface area contributed by atoms with Gasteiger partial charge in [0.1, 0.15) is 5.82 Å². The number of carbonyl (C=O) groups is 2. The molecule has 19 heavy (non-hydrogen) atoms. The number of rotatable bonds is 6. The van der Waals surface area contributed by atoms with Crippen LogP contribution in [0, 0.1) is 5.82 Å². The summed E-state index contributed by atoms with van der Waals surface area (Å²) in [6.07, 6.45) is 0.609. The highest BCUT2D eigenvalue weighted by Gasteiger charge is 2.14. The van der Waals surface area contributed by atoms with Gasteiger partial charge in [0.2, 0.25) is 5.91 Å². The molecule has 1 amide bonds. The number of nitrogens with one attached hydrogen (secondary N) is 1. The molecule has 0 aliphatic carbocycles. The molecule has 1 atom stereocenters. The van der Waals surface area contributed by atoms with Crippen molar-refractivity contribution in [3.63, 3.8) is 0 Å². The Kier molecular flexibility index (Phi) is 5.76. The molecule has 0 fully saturated rings. The second kappa shape index (κ2) is 7.09. The van der Waals surface area contributed by atoms with Crippen molar-refractivity contribution in [2.75, 3.05) is 0 Å². The van der Waals surface area contributed by atoms with Crippen molar-refractivity contribution in [3.8, 4) is 0 Å². The van der Waals surface area contributed by atoms with E-state index in [1.165, 1.54) is 25.1 Å². The Balaban J connectivity index is 2.74. The predicted molar refractivity (Wildman–Crippen MR) is 69.6 cm³/mol. The van der Waals surface area contributed by atoms with Crippen LogP contribution in [0.3, 0.4) is 0 Å². The molecule has 1 unspecified atom stereocenters. The summed E-state index contributed by atoms with van der Waals surface area (Å²) in [7, 11) is 0. The number of carbonyl (C=O) groups excluding carboxylic acids is 1. The molecule has 1 aromatic rings. The molecule has 0 aliphatic heterocycles. The summed E-state index contributed by atoms with van der Waals surface area (Å²) in [5.74, 6) is -1.61. The van der Waals surface area contributed by atoms with E-state index in [2.05, 4.69) is 5.32 Å². The summed E-state index contributed by atoms with van der Waals surface area (Å²) >= 11 is 5.90. The van der Waals surface area contributed by atoms with E-state index < -0.39 is 11.8 Å². The summed E-state index contributed by atoms with van der Waals surface area (Å²) in [4.78, 5) is 21.6. The van der Waals surface area contributed by atoms with E-state index in [0.717, 1.165) is 0 Å². The van der Waals surface area contributed by atoms with Crippen LogP contribution in [0.5, 0.6) is 0 Å². The second-order valence-corrected chi connectivity index (χ2v) is 4.68. The normalized spacial score (nSPS) is 11.9. The van der Waals surface area contributed by atoms with E-state index in [0.29, 0.717) is 18.4 Å².